The maximum atomic E-state index is 13.4. The van der Waals surface area contributed by atoms with Gasteiger partial charge in [0.05, 0.1) is 13.3 Å². The molecule has 0 unspecified atom stereocenters. The van der Waals surface area contributed by atoms with Gasteiger partial charge in [-0.3, -0.25) is 4.98 Å². The second-order valence-electron chi connectivity index (χ2n) is 6.45. The van der Waals surface area contributed by atoms with Gasteiger partial charge < -0.3 is 14.4 Å². The van der Waals surface area contributed by atoms with Gasteiger partial charge in [-0.2, -0.15) is 9.36 Å². The SMILES string of the molecule is CCN(C)CCc1cc(OC)c(Oc2nc(-c3cncc(F)c3)ns2)cc1C.Cl. The molecular weight excluding hydrogens is 415 g/mol. The molecule has 0 saturated carbocycles. The molecule has 1 aromatic carbocycles. The summed E-state index contributed by atoms with van der Waals surface area (Å²) in [6.45, 7) is 6.18. The third-order valence-corrected chi connectivity index (χ3v) is 5.09. The molecule has 0 radical (unpaired) electrons. The van der Waals surface area contributed by atoms with Gasteiger partial charge in [0.2, 0.25) is 0 Å². The van der Waals surface area contributed by atoms with E-state index in [2.05, 4.69) is 40.1 Å². The number of aromatic nitrogens is 3. The van der Waals surface area contributed by atoms with Crippen LogP contribution in [0.4, 0.5) is 4.39 Å². The highest BCUT2D eigenvalue weighted by Gasteiger charge is 2.14. The van der Waals surface area contributed by atoms with Crippen LogP contribution in [0.15, 0.2) is 30.6 Å². The van der Waals surface area contributed by atoms with E-state index in [0.717, 1.165) is 42.8 Å². The molecule has 29 heavy (non-hydrogen) atoms. The lowest BCUT2D eigenvalue weighted by molar-refractivity contribution is 0.355. The van der Waals surface area contributed by atoms with Crippen molar-refractivity contribution in [1.29, 1.82) is 0 Å². The fourth-order valence-corrected chi connectivity index (χ4v) is 3.24. The number of rotatable bonds is 8. The Morgan fingerprint density at radius 2 is 1.97 bits per heavy atom. The number of methoxy groups -OCH3 is 1. The number of aryl methyl sites for hydroxylation is 1. The Morgan fingerprint density at radius 1 is 1.17 bits per heavy atom. The van der Waals surface area contributed by atoms with E-state index in [9.17, 15) is 4.39 Å². The molecule has 0 N–H and O–H groups in total. The molecule has 0 saturated heterocycles. The zero-order valence-electron chi connectivity index (χ0n) is 16.8. The molecule has 0 amide bonds. The molecule has 2 heterocycles. The Kier molecular flexibility index (Phi) is 8.31. The van der Waals surface area contributed by atoms with Crippen molar-refractivity contribution in [2.45, 2.75) is 20.3 Å². The smallest absolute Gasteiger partial charge is 0.299 e. The summed E-state index contributed by atoms with van der Waals surface area (Å²) in [7, 11) is 3.72. The summed E-state index contributed by atoms with van der Waals surface area (Å²) in [5, 5.41) is 0.357. The van der Waals surface area contributed by atoms with Crippen molar-refractivity contribution in [3.63, 3.8) is 0 Å². The maximum Gasteiger partial charge on any atom is 0.299 e. The summed E-state index contributed by atoms with van der Waals surface area (Å²) in [4.78, 5) is 10.4. The van der Waals surface area contributed by atoms with Gasteiger partial charge in [-0.05, 0) is 56.3 Å². The van der Waals surface area contributed by atoms with E-state index in [1.165, 1.54) is 17.8 Å². The van der Waals surface area contributed by atoms with Crippen LogP contribution >= 0.6 is 23.9 Å². The Morgan fingerprint density at radius 3 is 2.66 bits per heavy atom. The molecular formula is C20H24ClFN4O2S. The summed E-state index contributed by atoms with van der Waals surface area (Å²) in [6, 6.07) is 5.29. The fraction of sp³-hybridized carbons (Fsp3) is 0.350. The number of likely N-dealkylation sites (N-methyl/N-ethyl adjacent to an activating group) is 1. The quantitative estimate of drug-likeness (QED) is 0.505. The number of hydrogen-bond donors (Lipinski definition) is 0. The second kappa shape index (κ2) is 10.5. The predicted octanol–water partition coefficient (Wildman–Crippen LogP) is 4.76. The highest BCUT2D eigenvalue weighted by Crippen LogP contribution is 2.35. The van der Waals surface area contributed by atoms with Crippen LogP contribution in [0.5, 0.6) is 16.7 Å². The Hall–Kier alpha value is -2.29. The number of nitrogens with zero attached hydrogens (tertiary/aromatic N) is 4. The largest absolute Gasteiger partial charge is 0.493 e. The zero-order chi connectivity index (χ0) is 20.1. The lowest BCUT2D eigenvalue weighted by Gasteiger charge is -2.16. The molecule has 3 rings (SSSR count). The lowest BCUT2D eigenvalue weighted by atomic mass is 10.0. The first-order valence-corrected chi connectivity index (χ1v) is 9.76. The molecule has 0 aliphatic carbocycles. The third-order valence-electron chi connectivity index (χ3n) is 4.49. The highest BCUT2D eigenvalue weighted by molar-refractivity contribution is 7.07. The molecule has 156 valence electrons. The monoisotopic (exact) mass is 438 g/mol. The topological polar surface area (TPSA) is 60.4 Å². The van der Waals surface area contributed by atoms with Gasteiger partial charge in [0.1, 0.15) is 5.82 Å². The number of pyridine rings is 1. The van der Waals surface area contributed by atoms with Gasteiger partial charge in [0.25, 0.3) is 5.19 Å². The molecule has 0 fully saturated rings. The highest BCUT2D eigenvalue weighted by atomic mass is 35.5. The number of benzene rings is 1. The Balaban J connectivity index is 0.00000300. The molecule has 0 aliphatic rings. The van der Waals surface area contributed by atoms with E-state index in [1.54, 1.807) is 7.11 Å². The van der Waals surface area contributed by atoms with E-state index in [1.807, 2.05) is 12.1 Å². The van der Waals surface area contributed by atoms with E-state index in [-0.39, 0.29) is 12.4 Å². The van der Waals surface area contributed by atoms with Crippen LogP contribution in [0.25, 0.3) is 11.4 Å². The molecule has 0 aliphatic heterocycles. The van der Waals surface area contributed by atoms with Crippen molar-refractivity contribution in [2.24, 2.45) is 0 Å². The first-order chi connectivity index (χ1) is 13.5. The van der Waals surface area contributed by atoms with Crippen LogP contribution in [-0.4, -0.2) is 46.5 Å². The minimum absolute atomic E-state index is 0. The molecule has 3 aromatic rings. The average Bonchev–Trinajstić information content (AvgIpc) is 3.15. The van der Waals surface area contributed by atoms with E-state index < -0.39 is 5.82 Å². The van der Waals surface area contributed by atoms with E-state index >= 15 is 0 Å². The van der Waals surface area contributed by atoms with Gasteiger partial charge in [-0.1, -0.05) is 6.92 Å². The van der Waals surface area contributed by atoms with Crippen LogP contribution in [0.3, 0.4) is 0 Å². The van der Waals surface area contributed by atoms with Crippen LogP contribution in [0.2, 0.25) is 0 Å². The van der Waals surface area contributed by atoms with Gasteiger partial charge in [-0.25, -0.2) is 4.39 Å². The minimum Gasteiger partial charge on any atom is -0.493 e. The first kappa shape index (κ1) is 23.0. The van der Waals surface area contributed by atoms with Crippen LogP contribution in [0, 0.1) is 12.7 Å². The average molecular weight is 439 g/mol. The predicted molar refractivity (Wildman–Crippen MR) is 115 cm³/mol. The van der Waals surface area contributed by atoms with Gasteiger partial charge in [-0.15, -0.1) is 12.4 Å². The molecule has 6 nitrogen and oxygen atoms in total. The summed E-state index contributed by atoms with van der Waals surface area (Å²) >= 11 is 1.10. The number of halogens is 2. The standard InChI is InChI=1S/C20H23FN4O2S.ClH/c1-5-25(3)7-6-14-10-17(26-4)18(8-13(14)2)27-20-23-19(24-28-20)15-9-16(21)12-22-11-15;/h8-12H,5-7H2,1-4H3;1H. The Labute approximate surface area is 180 Å². The molecule has 9 heteroatoms. The van der Waals surface area contributed by atoms with Crippen LogP contribution in [0.1, 0.15) is 18.1 Å². The summed E-state index contributed by atoms with van der Waals surface area (Å²) in [5.74, 6) is 1.16. The van der Waals surface area contributed by atoms with E-state index in [0.29, 0.717) is 28.1 Å². The summed E-state index contributed by atoms with van der Waals surface area (Å²) in [6.07, 6.45) is 3.59. The van der Waals surface area contributed by atoms with Gasteiger partial charge in [0.15, 0.2) is 17.3 Å². The fourth-order valence-electron chi connectivity index (χ4n) is 2.68. The van der Waals surface area contributed by atoms with Gasteiger partial charge >= 0.3 is 0 Å². The van der Waals surface area contributed by atoms with Crippen LogP contribution < -0.4 is 9.47 Å². The van der Waals surface area contributed by atoms with Crippen molar-refractivity contribution in [3.05, 3.63) is 47.5 Å². The number of ether oxygens (including phenoxy) is 2. The maximum absolute atomic E-state index is 13.4. The van der Waals surface area contributed by atoms with E-state index in [4.69, 9.17) is 9.47 Å². The number of hydrogen-bond acceptors (Lipinski definition) is 7. The van der Waals surface area contributed by atoms with Crippen molar-refractivity contribution >= 4 is 23.9 Å². The van der Waals surface area contributed by atoms with Crippen molar-refractivity contribution < 1.29 is 13.9 Å². The zero-order valence-corrected chi connectivity index (χ0v) is 18.4. The Bertz CT molecular complexity index is 954. The van der Waals surface area contributed by atoms with Gasteiger partial charge in [0, 0.05) is 29.8 Å². The second-order valence-corrected chi connectivity index (χ2v) is 7.17. The van der Waals surface area contributed by atoms with Crippen LogP contribution in [-0.2, 0) is 6.42 Å². The third kappa shape index (κ3) is 5.85. The molecule has 2 aromatic heterocycles. The first-order valence-electron chi connectivity index (χ1n) is 8.98. The molecule has 0 atom stereocenters. The lowest BCUT2D eigenvalue weighted by Crippen LogP contribution is -2.20. The minimum atomic E-state index is -0.434. The molecule has 0 spiro atoms. The van der Waals surface area contributed by atoms with Crippen molar-refractivity contribution in [1.82, 2.24) is 19.2 Å². The van der Waals surface area contributed by atoms with Crippen molar-refractivity contribution in [3.8, 4) is 28.1 Å². The molecule has 0 bridgehead atoms. The van der Waals surface area contributed by atoms with Crippen molar-refractivity contribution in [2.75, 3.05) is 27.2 Å². The normalized spacial score (nSPS) is 10.7. The summed E-state index contributed by atoms with van der Waals surface area (Å²) in [5.41, 5.74) is 2.84. The summed E-state index contributed by atoms with van der Waals surface area (Å²) < 4.78 is 29.0.